The molecule has 0 unspecified atom stereocenters. The Morgan fingerprint density at radius 2 is 1.83 bits per heavy atom. The van der Waals surface area contributed by atoms with Gasteiger partial charge in [0.2, 0.25) is 5.95 Å². The highest BCUT2D eigenvalue weighted by atomic mass is 19.4. The molecule has 5 rings (SSSR count). The molecular formula is C25H22F3N7. The van der Waals surface area contributed by atoms with E-state index in [2.05, 4.69) is 36.1 Å². The van der Waals surface area contributed by atoms with Gasteiger partial charge in [-0.15, -0.1) is 0 Å². The van der Waals surface area contributed by atoms with Gasteiger partial charge in [-0.1, -0.05) is 18.2 Å². The number of hydrogen-bond donors (Lipinski definition) is 3. The van der Waals surface area contributed by atoms with Crippen LogP contribution in [0.15, 0.2) is 65.9 Å². The quantitative estimate of drug-likeness (QED) is 0.220. The normalized spacial score (nSPS) is 13.8. The van der Waals surface area contributed by atoms with Gasteiger partial charge in [0.25, 0.3) is 0 Å². The number of anilines is 4. The lowest BCUT2D eigenvalue weighted by Gasteiger charge is -2.11. The first-order valence-electron chi connectivity index (χ1n) is 11.1. The summed E-state index contributed by atoms with van der Waals surface area (Å²) in [7, 11) is 0. The van der Waals surface area contributed by atoms with Gasteiger partial charge in [-0.25, -0.2) is 15.4 Å². The summed E-state index contributed by atoms with van der Waals surface area (Å²) >= 11 is 0. The van der Waals surface area contributed by atoms with Gasteiger partial charge in [0.1, 0.15) is 0 Å². The summed E-state index contributed by atoms with van der Waals surface area (Å²) in [5.41, 5.74) is 6.24. The molecule has 1 fully saturated rings. The van der Waals surface area contributed by atoms with Crippen LogP contribution in [0.2, 0.25) is 0 Å². The zero-order valence-corrected chi connectivity index (χ0v) is 18.8. The second-order valence-electron chi connectivity index (χ2n) is 8.30. The number of hydrazone groups is 1. The van der Waals surface area contributed by atoms with Crippen LogP contribution in [0.25, 0.3) is 10.9 Å². The van der Waals surface area contributed by atoms with Crippen LogP contribution >= 0.6 is 0 Å². The van der Waals surface area contributed by atoms with Crippen LogP contribution in [-0.4, -0.2) is 27.2 Å². The molecule has 3 N–H and O–H groups in total. The number of fused-ring (bicyclic) bond motifs is 1. The van der Waals surface area contributed by atoms with E-state index in [1.165, 1.54) is 18.5 Å². The van der Waals surface area contributed by atoms with Gasteiger partial charge in [0.15, 0.2) is 0 Å². The predicted octanol–water partition coefficient (Wildman–Crippen LogP) is 6.12. The maximum Gasteiger partial charge on any atom is 0.416 e. The first-order chi connectivity index (χ1) is 16.8. The summed E-state index contributed by atoms with van der Waals surface area (Å²) in [5, 5.41) is 11.6. The molecule has 1 aliphatic rings. The minimum atomic E-state index is -4.40. The lowest BCUT2D eigenvalue weighted by atomic mass is 10.1. The Hall–Kier alpha value is -4.21. The molecule has 2 aromatic heterocycles. The van der Waals surface area contributed by atoms with E-state index in [9.17, 15) is 13.2 Å². The van der Waals surface area contributed by atoms with Gasteiger partial charge in [-0.05, 0) is 56.2 Å². The van der Waals surface area contributed by atoms with Crippen LogP contribution in [-0.2, 0) is 6.18 Å². The molecule has 0 amide bonds. The monoisotopic (exact) mass is 477 g/mol. The number of benzene rings is 2. The van der Waals surface area contributed by atoms with E-state index in [1.54, 1.807) is 18.2 Å². The third-order valence-corrected chi connectivity index (χ3v) is 5.48. The number of aryl methyl sites for hydroxylation is 1. The molecule has 7 nitrogen and oxygen atoms in total. The lowest BCUT2D eigenvalue weighted by molar-refractivity contribution is -0.137. The van der Waals surface area contributed by atoms with Crippen molar-refractivity contribution in [1.82, 2.24) is 15.0 Å². The Morgan fingerprint density at radius 3 is 2.57 bits per heavy atom. The number of hydrogen-bond acceptors (Lipinski definition) is 7. The second kappa shape index (κ2) is 9.21. The number of pyridine rings is 1. The van der Waals surface area contributed by atoms with E-state index in [1.807, 2.05) is 25.1 Å². The average Bonchev–Trinajstić information content (AvgIpc) is 3.65. The highest BCUT2D eigenvalue weighted by Gasteiger charge is 2.30. The molecule has 2 heterocycles. The minimum absolute atomic E-state index is 0.323. The van der Waals surface area contributed by atoms with Gasteiger partial charge in [0, 0.05) is 17.1 Å². The third-order valence-electron chi connectivity index (χ3n) is 5.48. The molecule has 1 aliphatic carbocycles. The number of alkyl halides is 3. The molecule has 0 aliphatic heterocycles. The number of para-hydroxylation sites is 1. The first kappa shape index (κ1) is 22.6. The largest absolute Gasteiger partial charge is 0.416 e. The Kier molecular flexibility index (Phi) is 5.94. The van der Waals surface area contributed by atoms with Crippen LogP contribution in [0.5, 0.6) is 0 Å². The first-order valence-corrected chi connectivity index (χ1v) is 11.1. The maximum atomic E-state index is 12.9. The Morgan fingerprint density at radius 1 is 1.00 bits per heavy atom. The number of nitrogens with zero attached hydrogens (tertiary/aromatic N) is 4. The molecule has 0 bridgehead atoms. The molecule has 2 aromatic carbocycles. The van der Waals surface area contributed by atoms with Crippen molar-refractivity contribution in [1.29, 1.82) is 0 Å². The Labute approximate surface area is 199 Å². The summed E-state index contributed by atoms with van der Waals surface area (Å²) in [6.07, 6.45) is 0.972. The summed E-state index contributed by atoms with van der Waals surface area (Å²) < 4.78 is 38.7. The van der Waals surface area contributed by atoms with Crippen LogP contribution in [0, 0.1) is 6.92 Å². The number of halogens is 3. The Balaban J connectivity index is 1.26. The van der Waals surface area contributed by atoms with Gasteiger partial charge in [-0.3, -0.25) is 4.98 Å². The highest BCUT2D eigenvalue weighted by molar-refractivity contribution is 5.92. The van der Waals surface area contributed by atoms with Crippen molar-refractivity contribution in [3.8, 4) is 0 Å². The van der Waals surface area contributed by atoms with E-state index in [0.29, 0.717) is 29.1 Å². The molecule has 4 aromatic rings. The molecule has 0 radical (unpaired) electrons. The van der Waals surface area contributed by atoms with Crippen LogP contribution < -0.4 is 16.1 Å². The van der Waals surface area contributed by atoms with E-state index >= 15 is 0 Å². The van der Waals surface area contributed by atoms with Gasteiger partial charge in [-0.2, -0.15) is 18.3 Å². The van der Waals surface area contributed by atoms with Crippen molar-refractivity contribution in [3.05, 3.63) is 77.7 Å². The fourth-order valence-corrected chi connectivity index (χ4v) is 3.57. The predicted molar refractivity (Wildman–Crippen MR) is 131 cm³/mol. The van der Waals surface area contributed by atoms with E-state index in [0.717, 1.165) is 47.3 Å². The fraction of sp³-hybridized carbons (Fsp3) is 0.200. The molecule has 35 heavy (non-hydrogen) atoms. The summed E-state index contributed by atoms with van der Waals surface area (Å²) in [5.74, 6) is 0.374. The highest BCUT2D eigenvalue weighted by Crippen LogP contribution is 2.32. The maximum absolute atomic E-state index is 12.9. The second-order valence-corrected chi connectivity index (χ2v) is 8.30. The smallest absolute Gasteiger partial charge is 0.381 e. The van der Waals surface area contributed by atoms with Gasteiger partial charge >= 0.3 is 6.18 Å². The summed E-state index contributed by atoms with van der Waals surface area (Å²) in [6, 6.07) is 14.9. The standard InChI is InChI=1S/C25H22F3N7/c1-15-21-6-3-7-22(33-17-8-9-17)23(21)34-24(31-15)35-30-14-19-10-11-20(13-29-19)32-18-5-2-4-16(12-18)25(26,27)28/h2-7,10-14,17,32-33H,8-9H2,1H3,(H,31,34,35)/b30-14+. The Bertz CT molecular complexity index is 1380. The summed E-state index contributed by atoms with van der Waals surface area (Å²) in [4.78, 5) is 13.4. The van der Waals surface area contributed by atoms with Crippen molar-refractivity contribution in [2.24, 2.45) is 5.10 Å². The molecular weight excluding hydrogens is 455 g/mol. The summed E-state index contributed by atoms with van der Waals surface area (Å²) in [6.45, 7) is 1.93. The van der Waals surface area contributed by atoms with E-state index in [-0.39, 0.29) is 0 Å². The molecule has 0 saturated heterocycles. The lowest BCUT2D eigenvalue weighted by Crippen LogP contribution is -2.05. The molecule has 0 spiro atoms. The van der Waals surface area contributed by atoms with E-state index < -0.39 is 11.7 Å². The molecule has 178 valence electrons. The minimum Gasteiger partial charge on any atom is -0.381 e. The molecule has 1 saturated carbocycles. The van der Waals surface area contributed by atoms with Crippen molar-refractivity contribution in [2.75, 3.05) is 16.1 Å². The van der Waals surface area contributed by atoms with Crippen molar-refractivity contribution in [3.63, 3.8) is 0 Å². The number of nitrogens with one attached hydrogen (secondary N) is 3. The van der Waals surface area contributed by atoms with Crippen molar-refractivity contribution < 1.29 is 13.2 Å². The van der Waals surface area contributed by atoms with Crippen molar-refractivity contribution >= 4 is 40.1 Å². The van der Waals surface area contributed by atoms with Crippen LogP contribution in [0.4, 0.5) is 36.2 Å². The molecule has 10 heteroatoms. The molecule has 0 atom stereocenters. The van der Waals surface area contributed by atoms with E-state index in [4.69, 9.17) is 0 Å². The zero-order chi connectivity index (χ0) is 24.4. The van der Waals surface area contributed by atoms with Gasteiger partial charge in [0.05, 0.1) is 46.3 Å². The fourth-order valence-electron chi connectivity index (χ4n) is 3.57. The topological polar surface area (TPSA) is 87.1 Å². The van der Waals surface area contributed by atoms with Gasteiger partial charge < -0.3 is 10.6 Å². The number of rotatable bonds is 7. The van der Waals surface area contributed by atoms with Crippen molar-refractivity contribution in [2.45, 2.75) is 32.0 Å². The third kappa shape index (κ3) is 5.48. The zero-order valence-electron chi connectivity index (χ0n) is 18.8. The average molecular weight is 477 g/mol. The van der Waals surface area contributed by atoms with Crippen LogP contribution in [0.3, 0.4) is 0 Å². The van der Waals surface area contributed by atoms with Crippen LogP contribution in [0.1, 0.15) is 29.8 Å². The number of aromatic nitrogens is 3. The SMILES string of the molecule is Cc1nc(N/N=C/c2ccc(Nc3cccc(C(F)(F)F)c3)cn2)nc2c(NC3CC3)cccc12.